The van der Waals surface area contributed by atoms with E-state index in [9.17, 15) is 13.6 Å². The largest absolute Gasteiger partial charge is 0.489 e. The minimum Gasteiger partial charge on any atom is -0.489 e. The summed E-state index contributed by atoms with van der Waals surface area (Å²) in [6.07, 6.45) is 4.05. The van der Waals surface area contributed by atoms with E-state index >= 15 is 0 Å². The lowest BCUT2D eigenvalue weighted by molar-refractivity contribution is 0.115. The Balaban J connectivity index is 1.19. The fraction of sp³-hybridized carbons (Fsp3) is 0.231. The van der Waals surface area contributed by atoms with Gasteiger partial charge in [-0.15, -0.1) is 0 Å². The molecule has 0 spiro atoms. The van der Waals surface area contributed by atoms with Gasteiger partial charge in [-0.05, 0) is 36.4 Å². The molecule has 9 nitrogen and oxygen atoms in total. The number of anilines is 4. The van der Waals surface area contributed by atoms with Gasteiger partial charge in [-0.3, -0.25) is 0 Å². The van der Waals surface area contributed by atoms with E-state index in [0.29, 0.717) is 53.9 Å². The number of rotatable bonds is 6. The zero-order valence-electron chi connectivity index (χ0n) is 20.3. The number of urea groups is 1. The Kier molecular flexibility index (Phi) is 7.36. The maximum absolute atomic E-state index is 13.8. The van der Waals surface area contributed by atoms with Crippen LogP contribution in [0.1, 0.15) is 12.8 Å². The predicted octanol–water partition coefficient (Wildman–Crippen LogP) is 5.82. The van der Waals surface area contributed by atoms with Crippen molar-refractivity contribution in [2.24, 2.45) is 0 Å². The molecule has 2 aromatic carbocycles. The smallest absolute Gasteiger partial charge is 0.322 e. The number of ether oxygens (including phenoxy) is 1. The molecule has 0 saturated carbocycles. The monoisotopic (exact) mass is 539 g/mol. The van der Waals surface area contributed by atoms with Crippen LogP contribution in [-0.4, -0.2) is 52.1 Å². The number of carbonyl (C=O) groups is 1. The highest BCUT2D eigenvalue weighted by Gasteiger charge is 2.25. The summed E-state index contributed by atoms with van der Waals surface area (Å²) in [6, 6.07) is 10.1. The summed E-state index contributed by atoms with van der Waals surface area (Å²) in [5, 5.41) is 9.80. The molecule has 1 saturated heterocycles. The first kappa shape index (κ1) is 25.4. The van der Waals surface area contributed by atoms with Crippen molar-refractivity contribution in [3.63, 3.8) is 0 Å². The molecule has 3 N–H and O–H groups in total. The van der Waals surface area contributed by atoms with Gasteiger partial charge in [0.25, 0.3) is 0 Å². The van der Waals surface area contributed by atoms with Crippen LogP contribution in [0, 0.1) is 11.6 Å². The van der Waals surface area contributed by atoms with E-state index in [4.69, 9.17) is 16.3 Å². The van der Waals surface area contributed by atoms with E-state index in [-0.39, 0.29) is 6.10 Å². The lowest BCUT2D eigenvalue weighted by atomic mass is 10.1. The number of aromatic nitrogens is 3. The number of nitrogens with zero attached hydrogens (tertiary/aromatic N) is 4. The average Bonchev–Trinajstić information content (AvgIpc) is 2.92. The first-order valence-electron chi connectivity index (χ1n) is 11.9. The number of hydrogen-bond donors (Lipinski definition) is 3. The summed E-state index contributed by atoms with van der Waals surface area (Å²) in [7, 11) is 1.79. The third-order valence-corrected chi connectivity index (χ3v) is 6.49. The number of amides is 2. The molecule has 1 fully saturated rings. The lowest BCUT2D eigenvalue weighted by Crippen LogP contribution is -2.44. The quantitative estimate of drug-likeness (QED) is 0.284. The lowest BCUT2D eigenvalue weighted by Gasteiger charge is -2.32. The van der Waals surface area contributed by atoms with Crippen LogP contribution in [0.5, 0.6) is 5.75 Å². The highest BCUT2D eigenvalue weighted by molar-refractivity contribution is 6.32. The number of benzene rings is 2. The summed E-state index contributed by atoms with van der Waals surface area (Å²) < 4.78 is 33.8. The molecule has 1 aliphatic heterocycles. The zero-order chi connectivity index (χ0) is 26.6. The number of nitrogens with one attached hydrogen (secondary N) is 3. The van der Waals surface area contributed by atoms with Crippen LogP contribution in [0.2, 0.25) is 5.02 Å². The van der Waals surface area contributed by atoms with Gasteiger partial charge in [-0.2, -0.15) is 0 Å². The van der Waals surface area contributed by atoms with Gasteiger partial charge in [0.1, 0.15) is 47.1 Å². The standard InChI is InChI=1S/C26H24ClF2N7O2/c1-30-23-12-17-21(13-31-23)32-14-33-25(17)34-15-5-6-22(18(27)11-15)38-16-7-9-36(10-8-16)26(37)35-24-19(28)3-2-4-20(24)29/h2-6,11-14,16H,7-10H2,1H3,(H,30,31)(H,35,37)(H,32,33,34). The normalized spacial score (nSPS) is 13.8. The Hall–Kier alpha value is -4.25. The zero-order valence-corrected chi connectivity index (χ0v) is 21.1. The third kappa shape index (κ3) is 5.52. The Morgan fingerprint density at radius 1 is 1.08 bits per heavy atom. The Bertz CT molecular complexity index is 1460. The van der Waals surface area contributed by atoms with Crippen molar-refractivity contribution in [2.45, 2.75) is 18.9 Å². The number of likely N-dealkylation sites (tertiary alicyclic amines) is 1. The van der Waals surface area contributed by atoms with E-state index in [1.165, 1.54) is 17.3 Å². The summed E-state index contributed by atoms with van der Waals surface area (Å²) >= 11 is 6.52. The van der Waals surface area contributed by atoms with Crippen molar-refractivity contribution >= 4 is 51.5 Å². The minimum atomic E-state index is -0.822. The molecule has 0 atom stereocenters. The summed E-state index contributed by atoms with van der Waals surface area (Å²) in [5.41, 5.74) is 0.967. The molecule has 0 unspecified atom stereocenters. The highest BCUT2D eigenvalue weighted by atomic mass is 35.5. The molecule has 2 aromatic heterocycles. The van der Waals surface area contributed by atoms with Gasteiger partial charge in [-0.25, -0.2) is 28.5 Å². The third-order valence-electron chi connectivity index (χ3n) is 6.19. The number of hydrogen-bond acceptors (Lipinski definition) is 7. The Morgan fingerprint density at radius 3 is 2.55 bits per heavy atom. The van der Waals surface area contributed by atoms with Gasteiger partial charge in [0.2, 0.25) is 0 Å². The van der Waals surface area contributed by atoms with E-state index < -0.39 is 23.4 Å². The highest BCUT2D eigenvalue weighted by Crippen LogP contribution is 2.32. The van der Waals surface area contributed by atoms with Crippen LogP contribution in [0.25, 0.3) is 10.9 Å². The van der Waals surface area contributed by atoms with Crippen molar-refractivity contribution in [1.82, 2.24) is 19.9 Å². The second-order valence-electron chi connectivity index (χ2n) is 8.66. The van der Waals surface area contributed by atoms with Gasteiger partial charge in [0.15, 0.2) is 0 Å². The topological polar surface area (TPSA) is 104 Å². The van der Waals surface area contributed by atoms with Crippen molar-refractivity contribution < 1.29 is 18.3 Å². The first-order valence-corrected chi connectivity index (χ1v) is 12.3. The number of halogens is 3. The van der Waals surface area contributed by atoms with Crippen LogP contribution < -0.4 is 20.7 Å². The van der Waals surface area contributed by atoms with Crippen molar-refractivity contribution in [2.75, 3.05) is 36.1 Å². The fourth-order valence-corrected chi connectivity index (χ4v) is 4.39. The maximum atomic E-state index is 13.8. The van der Waals surface area contributed by atoms with Crippen molar-refractivity contribution in [3.05, 3.63) is 71.6 Å². The molecule has 2 amide bonds. The molecular formula is C26H24ClF2N7O2. The van der Waals surface area contributed by atoms with Gasteiger partial charge in [-0.1, -0.05) is 17.7 Å². The second-order valence-corrected chi connectivity index (χ2v) is 9.07. The number of pyridine rings is 1. The summed E-state index contributed by atoms with van der Waals surface area (Å²) in [4.78, 5) is 26.9. The molecule has 0 aliphatic carbocycles. The van der Waals surface area contributed by atoms with Crippen molar-refractivity contribution in [3.8, 4) is 5.75 Å². The van der Waals surface area contributed by atoms with Crippen LogP contribution in [0.15, 0.2) is 55.0 Å². The van der Waals surface area contributed by atoms with E-state index in [2.05, 4.69) is 30.9 Å². The molecule has 1 aliphatic rings. The number of piperidine rings is 1. The van der Waals surface area contributed by atoms with Gasteiger partial charge in [0, 0.05) is 44.1 Å². The molecular weight excluding hydrogens is 516 g/mol. The minimum absolute atomic E-state index is 0.168. The van der Waals surface area contributed by atoms with E-state index in [0.717, 1.165) is 23.2 Å². The molecule has 5 rings (SSSR count). The van der Waals surface area contributed by atoms with Crippen molar-refractivity contribution in [1.29, 1.82) is 0 Å². The first-order chi connectivity index (χ1) is 18.4. The van der Waals surface area contributed by atoms with E-state index in [1.54, 1.807) is 25.4 Å². The molecule has 0 radical (unpaired) electrons. The Labute approximate surface area is 222 Å². The summed E-state index contributed by atoms with van der Waals surface area (Å²) in [5.74, 6) is 0.177. The Morgan fingerprint density at radius 2 is 1.84 bits per heavy atom. The fourth-order valence-electron chi connectivity index (χ4n) is 4.17. The molecule has 12 heteroatoms. The number of para-hydroxylation sites is 1. The predicted molar refractivity (Wildman–Crippen MR) is 142 cm³/mol. The van der Waals surface area contributed by atoms with Gasteiger partial charge >= 0.3 is 6.03 Å². The maximum Gasteiger partial charge on any atom is 0.322 e. The molecule has 38 heavy (non-hydrogen) atoms. The average molecular weight is 540 g/mol. The number of fused-ring (bicyclic) bond motifs is 1. The van der Waals surface area contributed by atoms with Crippen LogP contribution in [0.3, 0.4) is 0 Å². The molecule has 0 bridgehead atoms. The molecule has 3 heterocycles. The van der Waals surface area contributed by atoms with Gasteiger partial charge < -0.3 is 25.6 Å². The van der Waals surface area contributed by atoms with Crippen LogP contribution in [-0.2, 0) is 0 Å². The second kappa shape index (κ2) is 11.0. The SMILES string of the molecule is CNc1cc2c(Nc3ccc(OC4CCN(C(=O)Nc5c(F)cccc5F)CC4)c(Cl)c3)ncnc2cn1. The van der Waals surface area contributed by atoms with Crippen LogP contribution >= 0.6 is 11.6 Å². The van der Waals surface area contributed by atoms with Crippen LogP contribution in [0.4, 0.5) is 36.6 Å². The van der Waals surface area contributed by atoms with Gasteiger partial charge in [0.05, 0.1) is 16.7 Å². The number of carbonyl (C=O) groups excluding carboxylic acids is 1. The molecule has 4 aromatic rings. The summed E-state index contributed by atoms with van der Waals surface area (Å²) in [6.45, 7) is 0.738. The molecule has 196 valence electrons. The van der Waals surface area contributed by atoms with E-state index in [1.807, 2.05) is 12.1 Å².